The smallest absolute Gasteiger partial charge is 0.264 e. The first-order chi connectivity index (χ1) is 15.2. The van der Waals surface area contributed by atoms with Gasteiger partial charge in [0.1, 0.15) is 5.75 Å². The third kappa shape index (κ3) is 5.52. The number of amides is 1. The van der Waals surface area contributed by atoms with Crippen molar-refractivity contribution in [3.8, 4) is 11.4 Å². The highest BCUT2D eigenvalue weighted by Gasteiger charge is 2.17. The maximum absolute atomic E-state index is 12.5. The summed E-state index contributed by atoms with van der Waals surface area (Å²) in [6.07, 6.45) is 0. The number of thioether (sulfide) groups is 1. The molecule has 1 aromatic heterocycles. The predicted octanol–water partition coefficient (Wildman–Crippen LogP) is 4.89. The number of benzene rings is 3. The Balaban J connectivity index is 1.49. The molecule has 6 nitrogen and oxygen atoms in total. The van der Waals surface area contributed by atoms with Gasteiger partial charge in [0.05, 0.1) is 5.69 Å². The first-order valence-corrected chi connectivity index (χ1v) is 10.8. The Hall–Kier alpha value is -3.58. The molecule has 7 heteroatoms. The fourth-order valence-corrected chi connectivity index (χ4v) is 3.83. The Bertz CT molecular complexity index is 1130. The van der Waals surface area contributed by atoms with Crippen molar-refractivity contribution in [3.05, 3.63) is 96.1 Å². The lowest BCUT2D eigenvalue weighted by molar-refractivity contribution is -0.118. The quantitative estimate of drug-likeness (QED) is 0.403. The van der Waals surface area contributed by atoms with Crippen molar-refractivity contribution in [1.29, 1.82) is 0 Å². The summed E-state index contributed by atoms with van der Waals surface area (Å²) in [4.78, 5) is 12.5. The Kier molecular flexibility index (Phi) is 6.64. The van der Waals surface area contributed by atoms with E-state index in [1.165, 1.54) is 5.56 Å². The summed E-state index contributed by atoms with van der Waals surface area (Å²) >= 11 is 1.56. The van der Waals surface area contributed by atoms with Crippen LogP contribution in [0.2, 0.25) is 0 Å². The van der Waals surface area contributed by atoms with Gasteiger partial charge >= 0.3 is 0 Å². The van der Waals surface area contributed by atoms with E-state index in [0.29, 0.717) is 16.9 Å². The van der Waals surface area contributed by atoms with Gasteiger partial charge in [-0.05, 0) is 36.8 Å². The molecule has 1 N–H and O–H groups in total. The third-order valence-electron chi connectivity index (χ3n) is 4.50. The number of nitrogens with one attached hydrogen (secondary N) is 1. The largest absolute Gasteiger partial charge is 0.484 e. The fraction of sp³-hybridized carbons (Fsp3) is 0.125. The summed E-state index contributed by atoms with van der Waals surface area (Å²) in [6.45, 7) is 1.89. The van der Waals surface area contributed by atoms with Gasteiger partial charge in [0, 0.05) is 5.75 Å². The number of aryl methyl sites for hydroxylation is 1. The Labute approximate surface area is 185 Å². The molecule has 0 saturated heterocycles. The zero-order valence-corrected chi connectivity index (χ0v) is 17.9. The van der Waals surface area contributed by atoms with E-state index in [9.17, 15) is 4.79 Å². The first kappa shape index (κ1) is 20.7. The van der Waals surface area contributed by atoms with Crippen LogP contribution in [0.3, 0.4) is 0 Å². The second kappa shape index (κ2) is 9.95. The lowest BCUT2D eigenvalue weighted by atomic mass is 10.2. The van der Waals surface area contributed by atoms with Gasteiger partial charge < -0.3 is 4.74 Å². The summed E-state index contributed by atoms with van der Waals surface area (Å²) in [5.74, 6) is 1.45. The minimum atomic E-state index is -0.301. The van der Waals surface area contributed by atoms with E-state index in [1.54, 1.807) is 11.8 Å². The second-order valence-electron chi connectivity index (χ2n) is 6.90. The van der Waals surface area contributed by atoms with Crippen molar-refractivity contribution in [3.63, 3.8) is 0 Å². The molecule has 0 fully saturated rings. The van der Waals surface area contributed by atoms with Crippen LogP contribution < -0.4 is 10.1 Å². The van der Waals surface area contributed by atoms with Gasteiger partial charge in [-0.25, -0.2) is 0 Å². The minimum Gasteiger partial charge on any atom is -0.484 e. The van der Waals surface area contributed by atoms with Crippen LogP contribution in [0.1, 0.15) is 11.1 Å². The first-order valence-electron chi connectivity index (χ1n) is 9.86. The van der Waals surface area contributed by atoms with E-state index in [-0.39, 0.29) is 12.5 Å². The van der Waals surface area contributed by atoms with Crippen molar-refractivity contribution in [2.75, 3.05) is 11.9 Å². The second-order valence-corrected chi connectivity index (χ2v) is 7.84. The molecule has 1 heterocycles. The lowest BCUT2D eigenvalue weighted by Gasteiger charge is -2.11. The maximum atomic E-state index is 12.5. The number of hydrogen-bond acceptors (Lipinski definition) is 5. The van der Waals surface area contributed by atoms with Crippen molar-refractivity contribution in [2.45, 2.75) is 17.8 Å². The zero-order valence-electron chi connectivity index (χ0n) is 17.1. The number of anilines is 1. The number of para-hydroxylation sites is 1. The molecule has 4 aromatic rings. The summed E-state index contributed by atoms with van der Waals surface area (Å²) in [5, 5.41) is 12.0. The molecule has 0 aliphatic rings. The van der Waals surface area contributed by atoms with Crippen LogP contribution >= 0.6 is 11.8 Å². The van der Waals surface area contributed by atoms with Crippen LogP contribution in [0, 0.1) is 6.92 Å². The molecule has 0 spiro atoms. The molecular formula is C24H22N4O2S. The van der Waals surface area contributed by atoms with E-state index >= 15 is 0 Å². The van der Waals surface area contributed by atoms with Crippen LogP contribution in [0.25, 0.3) is 5.69 Å². The van der Waals surface area contributed by atoms with Crippen LogP contribution in [0.4, 0.5) is 5.95 Å². The van der Waals surface area contributed by atoms with E-state index < -0.39 is 0 Å². The van der Waals surface area contributed by atoms with Crippen LogP contribution in [0.15, 0.2) is 90.1 Å². The molecular weight excluding hydrogens is 408 g/mol. The average molecular weight is 431 g/mol. The van der Waals surface area contributed by atoms with Crippen LogP contribution in [-0.2, 0) is 10.5 Å². The van der Waals surface area contributed by atoms with E-state index in [2.05, 4.69) is 27.6 Å². The van der Waals surface area contributed by atoms with Gasteiger partial charge in [0.25, 0.3) is 5.91 Å². The average Bonchev–Trinajstić information content (AvgIpc) is 3.21. The van der Waals surface area contributed by atoms with Gasteiger partial charge in [-0.15, -0.1) is 10.2 Å². The van der Waals surface area contributed by atoms with Gasteiger partial charge in [-0.3, -0.25) is 14.7 Å². The molecule has 0 aliphatic heterocycles. The molecule has 0 unspecified atom stereocenters. The van der Waals surface area contributed by atoms with Crippen molar-refractivity contribution in [1.82, 2.24) is 14.8 Å². The summed E-state index contributed by atoms with van der Waals surface area (Å²) in [5.41, 5.74) is 3.19. The molecule has 31 heavy (non-hydrogen) atoms. The highest BCUT2D eigenvalue weighted by molar-refractivity contribution is 7.98. The van der Waals surface area contributed by atoms with Crippen LogP contribution in [-0.4, -0.2) is 27.3 Å². The number of rotatable bonds is 8. The normalized spacial score (nSPS) is 10.6. The van der Waals surface area contributed by atoms with Crippen molar-refractivity contribution >= 4 is 23.6 Å². The number of carbonyl (C=O) groups excluding carboxylic acids is 1. The van der Waals surface area contributed by atoms with Gasteiger partial charge in [-0.1, -0.05) is 78.0 Å². The molecule has 0 atom stereocenters. The minimum absolute atomic E-state index is 0.114. The highest BCUT2D eigenvalue weighted by atomic mass is 32.2. The number of nitrogens with zero attached hydrogens (tertiary/aromatic N) is 3. The summed E-state index contributed by atoms with van der Waals surface area (Å²) in [6, 6.07) is 27.4. The number of ether oxygens (including phenoxy) is 1. The van der Waals surface area contributed by atoms with Gasteiger partial charge in [0.2, 0.25) is 5.95 Å². The number of hydrogen-bond donors (Lipinski definition) is 1. The summed E-state index contributed by atoms with van der Waals surface area (Å²) in [7, 11) is 0. The number of aromatic nitrogens is 3. The van der Waals surface area contributed by atoms with Crippen molar-refractivity contribution in [2.24, 2.45) is 0 Å². The standard InChI is InChI=1S/C24H22N4O2S/c1-18-12-14-21(15-13-18)30-16-22(29)25-23-26-27-24(28(23)20-10-6-3-7-11-20)31-17-19-8-4-2-5-9-19/h2-15H,16-17H2,1H3,(H,25,26,29). The molecule has 3 aromatic carbocycles. The van der Waals surface area contributed by atoms with E-state index in [1.807, 2.05) is 84.3 Å². The Morgan fingerprint density at radius 2 is 1.61 bits per heavy atom. The SMILES string of the molecule is Cc1ccc(OCC(=O)Nc2nnc(SCc3ccccc3)n2-c2ccccc2)cc1. The fourth-order valence-electron chi connectivity index (χ4n) is 2.92. The van der Waals surface area contributed by atoms with E-state index in [0.717, 1.165) is 17.0 Å². The topological polar surface area (TPSA) is 69.0 Å². The zero-order chi connectivity index (χ0) is 21.5. The Morgan fingerprint density at radius 1 is 0.935 bits per heavy atom. The third-order valence-corrected chi connectivity index (χ3v) is 5.50. The highest BCUT2D eigenvalue weighted by Crippen LogP contribution is 2.27. The van der Waals surface area contributed by atoms with Crippen LogP contribution in [0.5, 0.6) is 5.75 Å². The molecule has 4 rings (SSSR count). The summed E-state index contributed by atoms with van der Waals surface area (Å²) < 4.78 is 7.42. The molecule has 0 radical (unpaired) electrons. The van der Waals surface area contributed by atoms with Crippen molar-refractivity contribution < 1.29 is 9.53 Å². The Morgan fingerprint density at radius 3 is 2.32 bits per heavy atom. The molecule has 0 bridgehead atoms. The molecule has 0 saturated carbocycles. The molecule has 156 valence electrons. The monoisotopic (exact) mass is 430 g/mol. The molecule has 1 amide bonds. The van der Waals surface area contributed by atoms with Gasteiger partial charge in [-0.2, -0.15) is 0 Å². The van der Waals surface area contributed by atoms with Gasteiger partial charge in [0.15, 0.2) is 11.8 Å². The number of carbonyl (C=O) groups is 1. The predicted molar refractivity (Wildman–Crippen MR) is 123 cm³/mol. The molecule has 0 aliphatic carbocycles. The lowest BCUT2D eigenvalue weighted by Crippen LogP contribution is -2.22. The maximum Gasteiger partial charge on any atom is 0.264 e. The van der Waals surface area contributed by atoms with E-state index in [4.69, 9.17) is 4.74 Å².